The third-order valence-electron chi connectivity index (χ3n) is 6.21. The molecule has 2 aliphatic rings. The maximum Gasteiger partial charge on any atom is 0.261 e. The molecule has 32 heavy (non-hydrogen) atoms. The molecular formula is C26H18N4O2. The summed E-state index contributed by atoms with van der Waals surface area (Å²) < 4.78 is 0. The van der Waals surface area contributed by atoms with Crippen LogP contribution in [0.1, 0.15) is 11.1 Å². The minimum absolute atomic E-state index is 0.205. The molecule has 0 atom stereocenters. The van der Waals surface area contributed by atoms with Crippen LogP contribution in [0.3, 0.4) is 0 Å². The first-order valence-corrected chi connectivity index (χ1v) is 10.3. The minimum Gasteiger partial charge on any atom is -0.310 e. The molecule has 2 aromatic heterocycles. The summed E-state index contributed by atoms with van der Waals surface area (Å²) in [6.45, 7) is 0. The standard InChI is InChI=1S/C26H18N4O2/c1-29-23(17-11-3-7-15-9-5-13-27-21(15)17)19-20(25(29)31)24(30(2)26(19)32)18-12-4-8-16-10-6-14-28-22(16)18/h3-14H,1-2H3. The number of hydrogen-bond acceptors (Lipinski definition) is 4. The molecule has 6 heteroatoms. The maximum atomic E-state index is 13.5. The van der Waals surface area contributed by atoms with Gasteiger partial charge in [0.15, 0.2) is 0 Å². The molecule has 2 amide bonds. The van der Waals surface area contributed by atoms with Gasteiger partial charge in [0.1, 0.15) is 0 Å². The Hall–Kier alpha value is -4.32. The second-order valence-electron chi connectivity index (χ2n) is 7.94. The molecule has 6 rings (SSSR count). The third-order valence-corrected chi connectivity index (χ3v) is 6.21. The van der Waals surface area contributed by atoms with E-state index in [1.165, 1.54) is 0 Å². The van der Waals surface area contributed by atoms with Crippen LogP contribution in [0.25, 0.3) is 33.2 Å². The quantitative estimate of drug-likeness (QED) is 0.496. The summed E-state index contributed by atoms with van der Waals surface area (Å²) in [4.78, 5) is 39.3. The van der Waals surface area contributed by atoms with Crippen molar-refractivity contribution in [3.63, 3.8) is 0 Å². The fourth-order valence-corrected chi connectivity index (χ4v) is 4.75. The molecule has 2 aromatic carbocycles. The number of carbonyl (C=O) groups excluding carboxylic acids is 2. The largest absolute Gasteiger partial charge is 0.310 e. The summed E-state index contributed by atoms with van der Waals surface area (Å²) in [6, 6.07) is 19.3. The lowest BCUT2D eigenvalue weighted by molar-refractivity contribution is -0.123. The van der Waals surface area contributed by atoms with Crippen molar-refractivity contribution in [3.8, 4) is 0 Å². The summed E-state index contributed by atoms with van der Waals surface area (Å²) in [5, 5.41) is 1.90. The van der Waals surface area contributed by atoms with Gasteiger partial charge in [0.05, 0.1) is 33.6 Å². The molecule has 4 heterocycles. The van der Waals surface area contributed by atoms with Crippen molar-refractivity contribution in [2.24, 2.45) is 0 Å². The lowest BCUT2D eigenvalue weighted by atomic mass is 9.99. The van der Waals surface area contributed by atoms with Gasteiger partial charge >= 0.3 is 0 Å². The molecule has 2 aliphatic heterocycles. The Kier molecular flexibility index (Phi) is 3.80. The van der Waals surface area contributed by atoms with Crippen LogP contribution in [0.5, 0.6) is 0 Å². The number of aromatic nitrogens is 2. The van der Waals surface area contributed by atoms with Crippen LogP contribution in [0.4, 0.5) is 0 Å². The number of carbonyl (C=O) groups is 2. The van der Waals surface area contributed by atoms with E-state index in [9.17, 15) is 9.59 Å². The normalized spacial score (nSPS) is 16.2. The SMILES string of the molecule is CN1C(=O)C2=C(c3cccc4cccnc34)N(C)C(=O)C2=C1c1cccc2cccnc12. The van der Waals surface area contributed by atoms with Gasteiger partial charge in [-0.15, -0.1) is 0 Å². The van der Waals surface area contributed by atoms with Crippen LogP contribution in [0, 0.1) is 0 Å². The number of nitrogens with zero attached hydrogens (tertiary/aromatic N) is 4. The molecule has 0 spiro atoms. The van der Waals surface area contributed by atoms with E-state index >= 15 is 0 Å². The van der Waals surface area contributed by atoms with Crippen LogP contribution in [-0.2, 0) is 9.59 Å². The van der Waals surface area contributed by atoms with Gasteiger partial charge in [0, 0.05) is 48.4 Å². The van der Waals surface area contributed by atoms with Crippen molar-refractivity contribution in [1.29, 1.82) is 0 Å². The van der Waals surface area contributed by atoms with Gasteiger partial charge in [-0.2, -0.15) is 0 Å². The molecule has 0 radical (unpaired) electrons. The number of amides is 2. The first kappa shape index (κ1) is 18.4. The average molecular weight is 418 g/mol. The van der Waals surface area contributed by atoms with E-state index < -0.39 is 0 Å². The summed E-state index contributed by atoms with van der Waals surface area (Å²) in [7, 11) is 3.42. The molecule has 0 saturated carbocycles. The Morgan fingerprint density at radius 1 is 0.594 bits per heavy atom. The smallest absolute Gasteiger partial charge is 0.261 e. The van der Waals surface area contributed by atoms with Crippen molar-refractivity contribution in [1.82, 2.24) is 19.8 Å². The number of para-hydroxylation sites is 2. The Morgan fingerprint density at radius 3 is 1.44 bits per heavy atom. The van der Waals surface area contributed by atoms with E-state index in [4.69, 9.17) is 0 Å². The zero-order valence-corrected chi connectivity index (χ0v) is 17.5. The fraction of sp³-hybridized carbons (Fsp3) is 0.0769. The highest BCUT2D eigenvalue weighted by atomic mass is 16.2. The maximum absolute atomic E-state index is 13.5. The highest BCUT2D eigenvalue weighted by Gasteiger charge is 2.47. The van der Waals surface area contributed by atoms with Crippen LogP contribution >= 0.6 is 0 Å². The predicted octanol–water partition coefficient (Wildman–Crippen LogP) is 3.85. The first-order chi connectivity index (χ1) is 15.6. The van der Waals surface area contributed by atoms with Gasteiger partial charge in [0.2, 0.25) is 0 Å². The van der Waals surface area contributed by atoms with Crippen molar-refractivity contribution in [2.75, 3.05) is 14.1 Å². The predicted molar refractivity (Wildman–Crippen MR) is 123 cm³/mol. The van der Waals surface area contributed by atoms with E-state index in [1.807, 2.05) is 60.7 Å². The third kappa shape index (κ3) is 2.34. The molecule has 6 nitrogen and oxygen atoms in total. The lowest BCUT2D eigenvalue weighted by Crippen LogP contribution is -2.25. The molecule has 0 aliphatic carbocycles. The molecule has 0 fully saturated rings. The number of rotatable bonds is 2. The van der Waals surface area contributed by atoms with Crippen molar-refractivity contribution < 1.29 is 9.59 Å². The number of pyridine rings is 2. The average Bonchev–Trinajstić information content (AvgIpc) is 3.23. The molecule has 0 unspecified atom stereocenters. The lowest BCUT2D eigenvalue weighted by Gasteiger charge is -2.21. The van der Waals surface area contributed by atoms with Gasteiger partial charge in [-0.25, -0.2) is 0 Å². The molecule has 0 saturated heterocycles. The molecular weight excluding hydrogens is 400 g/mol. The van der Waals surface area contributed by atoms with Gasteiger partial charge < -0.3 is 9.80 Å². The summed E-state index contributed by atoms with van der Waals surface area (Å²) in [5.74, 6) is -0.410. The highest BCUT2D eigenvalue weighted by molar-refractivity contribution is 6.31. The minimum atomic E-state index is -0.205. The van der Waals surface area contributed by atoms with E-state index in [-0.39, 0.29) is 11.8 Å². The number of hydrogen-bond donors (Lipinski definition) is 0. The fourth-order valence-electron chi connectivity index (χ4n) is 4.75. The Bertz CT molecular complexity index is 1420. The zero-order valence-electron chi connectivity index (χ0n) is 17.5. The van der Waals surface area contributed by atoms with Crippen LogP contribution in [-0.4, -0.2) is 45.7 Å². The van der Waals surface area contributed by atoms with Crippen molar-refractivity contribution in [2.45, 2.75) is 0 Å². The van der Waals surface area contributed by atoms with Gasteiger partial charge in [-0.3, -0.25) is 19.6 Å². The van der Waals surface area contributed by atoms with Crippen LogP contribution < -0.4 is 0 Å². The monoisotopic (exact) mass is 418 g/mol. The van der Waals surface area contributed by atoms with Crippen LogP contribution in [0.2, 0.25) is 0 Å². The van der Waals surface area contributed by atoms with E-state index in [0.29, 0.717) is 22.5 Å². The Balaban J connectivity index is 1.69. The Labute approximate surface area is 184 Å². The van der Waals surface area contributed by atoms with Gasteiger partial charge in [0.25, 0.3) is 11.8 Å². The first-order valence-electron chi connectivity index (χ1n) is 10.3. The van der Waals surface area contributed by atoms with Crippen molar-refractivity contribution in [3.05, 3.63) is 95.3 Å². The molecule has 0 N–H and O–H groups in total. The van der Waals surface area contributed by atoms with E-state index in [2.05, 4.69) is 9.97 Å². The van der Waals surface area contributed by atoms with Crippen LogP contribution in [0.15, 0.2) is 84.2 Å². The van der Waals surface area contributed by atoms with Gasteiger partial charge in [-0.05, 0) is 12.1 Å². The second-order valence-corrected chi connectivity index (χ2v) is 7.94. The second kappa shape index (κ2) is 6.59. The molecule has 0 bridgehead atoms. The summed E-state index contributed by atoms with van der Waals surface area (Å²) >= 11 is 0. The molecule has 4 aromatic rings. The summed E-state index contributed by atoms with van der Waals surface area (Å²) in [6.07, 6.45) is 3.45. The Morgan fingerprint density at radius 2 is 1.00 bits per heavy atom. The number of benzene rings is 2. The van der Waals surface area contributed by atoms with Crippen molar-refractivity contribution >= 4 is 45.0 Å². The number of fused-ring (bicyclic) bond motifs is 3. The number of likely N-dealkylation sites (N-methyl/N-ethyl adjacent to an activating group) is 2. The zero-order chi connectivity index (χ0) is 22.0. The van der Waals surface area contributed by atoms with E-state index in [0.717, 1.165) is 32.9 Å². The topological polar surface area (TPSA) is 66.4 Å². The molecule has 154 valence electrons. The highest BCUT2D eigenvalue weighted by Crippen LogP contribution is 2.46. The van der Waals surface area contributed by atoms with Gasteiger partial charge in [-0.1, -0.05) is 48.5 Å². The summed E-state index contributed by atoms with van der Waals surface area (Å²) in [5.41, 5.74) is 5.07. The van der Waals surface area contributed by atoms with E-state index in [1.54, 1.807) is 36.3 Å².